The molecule has 1 aromatic heterocycles. The summed E-state index contributed by atoms with van der Waals surface area (Å²) in [6.45, 7) is 0. The lowest BCUT2D eigenvalue weighted by molar-refractivity contribution is 0.0697. The molecule has 0 aliphatic carbocycles. The number of amides is 1. The third-order valence-electron chi connectivity index (χ3n) is 3.72. The maximum Gasteiger partial charge on any atom is 0.339 e. The van der Waals surface area contributed by atoms with E-state index < -0.39 is 11.8 Å². The van der Waals surface area contributed by atoms with E-state index in [9.17, 15) is 19.1 Å². The van der Waals surface area contributed by atoms with Gasteiger partial charge in [0.2, 0.25) is 0 Å². The number of carboxylic acid groups (broad SMARTS) is 1. The minimum atomic E-state index is -1.21. The Kier molecular flexibility index (Phi) is 4.30. The Morgan fingerprint density at radius 2 is 1.92 bits per heavy atom. The van der Waals surface area contributed by atoms with Gasteiger partial charge >= 0.3 is 5.97 Å². The summed E-state index contributed by atoms with van der Waals surface area (Å²) < 4.78 is 14.0. The van der Waals surface area contributed by atoms with Crippen LogP contribution in [0.2, 0.25) is 0 Å². The number of para-hydroxylation sites is 1. The molecule has 7 heteroatoms. The molecular weight excluding hydrogens is 325 g/mol. The van der Waals surface area contributed by atoms with Gasteiger partial charge in [-0.15, -0.1) is 0 Å². The lowest BCUT2D eigenvalue weighted by Gasteiger charge is -2.14. The van der Waals surface area contributed by atoms with Crippen LogP contribution in [0.15, 0.2) is 48.7 Å². The van der Waals surface area contributed by atoms with Crippen LogP contribution in [0, 0.1) is 5.82 Å². The number of aromatic nitrogens is 1. The number of carbonyl (C=O) groups is 2. The van der Waals surface area contributed by atoms with Gasteiger partial charge in [-0.25, -0.2) is 9.18 Å². The van der Waals surface area contributed by atoms with E-state index >= 15 is 0 Å². The van der Waals surface area contributed by atoms with Crippen LogP contribution >= 0.6 is 0 Å². The predicted molar refractivity (Wildman–Crippen MR) is 91.8 cm³/mol. The molecule has 25 heavy (non-hydrogen) atoms. The first kappa shape index (κ1) is 16.4. The van der Waals surface area contributed by atoms with Crippen molar-refractivity contribution >= 4 is 34.2 Å². The fourth-order valence-electron chi connectivity index (χ4n) is 2.47. The Morgan fingerprint density at radius 1 is 1.16 bits per heavy atom. The van der Waals surface area contributed by atoms with Crippen molar-refractivity contribution in [1.82, 2.24) is 10.3 Å². The van der Waals surface area contributed by atoms with Gasteiger partial charge in [-0.3, -0.25) is 9.78 Å². The van der Waals surface area contributed by atoms with Gasteiger partial charge in [-0.05, 0) is 30.3 Å². The number of hydrogen-bond donors (Lipinski definition) is 3. The molecule has 0 spiro atoms. The van der Waals surface area contributed by atoms with E-state index in [1.54, 1.807) is 18.2 Å². The van der Waals surface area contributed by atoms with E-state index in [2.05, 4.69) is 15.6 Å². The normalized spacial score (nSPS) is 10.5. The van der Waals surface area contributed by atoms with E-state index in [1.807, 2.05) is 0 Å². The first-order valence-electron chi connectivity index (χ1n) is 7.41. The van der Waals surface area contributed by atoms with Gasteiger partial charge < -0.3 is 15.7 Å². The number of hydrogen-bond acceptors (Lipinski definition) is 4. The van der Waals surface area contributed by atoms with Crippen LogP contribution in [0.3, 0.4) is 0 Å². The zero-order chi connectivity index (χ0) is 18.0. The molecule has 0 aliphatic heterocycles. The van der Waals surface area contributed by atoms with Crippen LogP contribution in [0.1, 0.15) is 20.7 Å². The van der Waals surface area contributed by atoms with Crippen LogP contribution in [0.5, 0.6) is 0 Å². The number of pyridine rings is 1. The molecular formula is C18H14FN3O3. The van der Waals surface area contributed by atoms with Gasteiger partial charge in [0, 0.05) is 24.2 Å². The molecule has 0 saturated carbocycles. The van der Waals surface area contributed by atoms with Crippen LogP contribution < -0.4 is 10.6 Å². The standard InChI is InChI=1S/C18H14FN3O3/c1-20-17(23)10-6-7-14-11(8-10)16(12(9-21-14)18(24)25)22-15-5-3-2-4-13(15)19/h2-9H,1H3,(H,20,23)(H,21,22)(H,24,25). The summed E-state index contributed by atoms with van der Waals surface area (Å²) in [5.41, 5.74) is 1.01. The molecule has 0 saturated heterocycles. The topological polar surface area (TPSA) is 91.3 Å². The van der Waals surface area contributed by atoms with Crippen molar-refractivity contribution in [2.24, 2.45) is 0 Å². The van der Waals surface area contributed by atoms with Gasteiger partial charge in [0.05, 0.1) is 16.9 Å². The molecule has 0 fully saturated rings. The summed E-state index contributed by atoms with van der Waals surface area (Å²) in [6, 6.07) is 10.6. The summed E-state index contributed by atoms with van der Waals surface area (Å²) in [5, 5.41) is 15.2. The summed E-state index contributed by atoms with van der Waals surface area (Å²) in [4.78, 5) is 27.5. The maximum absolute atomic E-state index is 14.0. The van der Waals surface area contributed by atoms with Crippen LogP contribution in [0.4, 0.5) is 15.8 Å². The highest BCUT2D eigenvalue weighted by atomic mass is 19.1. The average molecular weight is 339 g/mol. The number of aromatic carboxylic acids is 1. The molecule has 1 heterocycles. The number of carboxylic acids is 1. The predicted octanol–water partition coefficient (Wildman–Crippen LogP) is 3.18. The van der Waals surface area contributed by atoms with Crippen molar-refractivity contribution in [3.8, 4) is 0 Å². The SMILES string of the molecule is CNC(=O)c1ccc2ncc(C(=O)O)c(Nc3ccccc3F)c2c1. The Balaban J connectivity index is 2.24. The lowest BCUT2D eigenvalue weighted by atomic mass is 10.1. The molecule has 126 valence electrons. The first-order valence-corrected chi connectivity index (χ1v) is 7.41. The Hall–Kier alpha value is -3.48. The molecule has 0 aliphatic rings. The number of anilines is 2. The molecule has 0 unspecified atom stereocenters. The van der Waals surface area contributed by atoms with E-state index in [1.165, 1.54) is 37.5 Å². The molecule has 1 amide bonds. The number of halogens is 1. The van der Waals surface area contributed by atoms with Crippen LogP contribution in [-0.4, -0.2) is 29.0 Å². The number of nitrogens with zero attached hydrogens (tertiary/aromatic N) is 1. The molecule has 3 rings (SSSR count). The fraction of sp³-hybridized carbons (Fsp3) is 0.0556. The number of benzene rings is 2. The fourth-order valence-corrected chi connectivity index (χ4v) is 2.47. The number of rotatable bonds is 4. The van der Waals surface area contributed by atoms with Crippen molar-refractivity contribution in [1.29, 1.82) is 0 Å². The lowest BCUT2D eigenvalue weighted by Crippen LogP contribution is -2.17. The molecule has 0 atom stereocenters. The molecule has 3 N–H and O–H groups in total. The summed E-state index contributed by atoms with van der Waals surface area (Å²) >= 11 is 0. The van der Waals surface area contributed by atoms with Crippen molar-refractivity contribution in [2.75, 3.05) is 12.4 Å². The zero-order valence-corrected chi connectivity index (χ0v) is 13.2. The smallest absolute Gasteiger partial charge is 0.339 e. The quantitative estimate of drug-likeness (QED) is 0.679. The number of fused-ring (bicyclic) bond motifs is 1. The van der Waals surface area contributed by atoms with E-state index in [0.717, 1.165) is 0 Å². The number of nitrogens with one attached hydrogen (secondary N) is 2. The summed E-state index contributed by atoms with van der Waals surface area (Å²) in [6.07, 6.45) is 1.20. The minimum absolute atomic E-state index is 0.121. The van der Waals surface area contributed by atoms with Crippen molar-refractivity contribution in [3.05, 3.63) is 65.6 Å². The average Bonchev–Trinajstić information content (AvgIpc) is 2.62. The van der Waals surface area contributed by atoms with Gasteiger partial charge in [0.15, 0.2) is 0 Å². The van der Waals surface area contributed by atoms with E-state index in [0.29, 0.717) is 16.5 Å². The van der Waals surface area contributed by atoms with Crippen LogP contribution in [-0.2, 0) is 0 Å². The van der Waals surface area contributed by atoms with Crippen molar-refractivity contribution in [2.45, 2.75) is 0 Å². The third-order valence-corrected chi connectivity index (χ3v) is 3.72. The largest absolute Gasteiger partial charge is 0.478 e. The van der Waals surface area contributed by atoms with Gasteiger partial charge in [0.1, 0.15) is 11.4 Å². The second-order valence-corrected chi connectivity index (χ2v) is 5.27. The molecule has 2 aromatic carbocycles. The zero-order valence-electron chi connectivity index (χ0n) is 13.2. The molecule has 0 bridgehead atoms. The van der Waals surface area contributed by atoms with Gasteiger partial charge in [-0.1, -0.05) is 12.1 Å². The third kappa shape index (κ3) is 3.12. The summed E-state index contributed by atoms with van der Waals surface area (Å²) in [5.74, 6) is -2.05. The summed E-state index contributed by atoms with van der Waals surface area (Å²) in [7, 11) is 1.50. The minimum Gasteiger partial charge on any atom is -0.478 e. The highest BCUT2D eigenvalue weighted by Crippen LogP contribution is 2.31. The van der Waals surface area contributed by atoms with Crippen molar-refractivity contribution in [3.63, 3.8) is 0 Å². The second kappa shape index (κ2) is 6.56. The van der Waals surface area contributed by atoms with Gasteiger partial charge in [-0.2, -0.15) is 0 Å². The highest BCUT2D eigenvalue weighted by Gasteiger charge is 2.17. The maximum atomic E-state index is 14.0. The highest BCUT2D eigenvalue weighted by molar-refractivity contribution is 6.07. The number of carbonyl (C=O) groups excluding carboxylic acids is 1. The molecule has 0 radical (unpaired) electrons. The second-order valence-electron chi connectivity index (χ2n) is 5.27. The van der Waals surface area contributed by atoms with Gasteiger partial charge in [0.25, 0.3) is 5.91 Å². The molecule has 3 aromatic rings. The Labute approximate surface area is 142 Å². The Bertz CT molecular complexity index is 988. The Morgan fingerprint density at radius 3 is 2.60 bits per heavy atom. The first-order chi connectivity index (χ1) is 12.0. The van der Waals surface area contributed by atoms with Crippen molar-refractivity contribution < 1.29 is 19.1 Å². The van der Waals surface area contributed by atoms with E-state index in [-0.39, 0.29) is 22.8 Å². The van der Waals surface area contributed by atoms with E-state index in [4.69, 9.17) is 0 Å². The monoisotopic (exact) mass is 339 g/mol. The molecule has 6 nitrogen and oxygen atoms in total. The van der Waals surface area contributed by atoms with Crippen LogP contribution in [0.25, 0.3) is 10.9 Å².